The number of amides is 1. The van der Waals surface area contributed by atoms with Gasteiger partial charge in [0.2, 0.25) is 0 Å². The molecule has 252 valence electrons. The lowest BCUT2D eigenvalue weighted by Gasteiger charge is -2.28. The number of halogens is 2. The Morgan fingerprint density at radius 2 is 1.66 bits per heavy atom. The second-order valence-corrected chi connectivity index (χ2v) is 11.2. The van der Waals surface area contributed by atoms with Gasteiger partial charge in [-0.05, 0) is 31.2 Å². The molecule has 11 nitrogen and oxygen atoms in total. The number of methoxy groups -OCH3 is 3. The van der Waals surface area contributed by atoms with E-state index in [1.54, 1.807) is 62.6 Å². The maximum Gasteiger partial charge on any atom is 0.308 e. The fourth-order valence-electron chi connectivity index (χ4n) is 5.18. The second-order valence-electron chi connectivity index (χ2n) is 10.4. The van der Waals surface area contributed by atoms with E-state index in [9.17, 15) is 14.4 Å². The van der Waals surface area contributed by atoms with E-state index in [1.807, 2.05) is 0 Å². The Balaban J connectivity index is 1.93. The van der Waals surface area contributed by atoms with Crippen LogP contribution in [0.25, 0.3) is 0 Å². The minimum atomic E-state index is -1.30. The molecule has 4 rings (SSSR count). The summed E-state index contributed by atoms with van der Waals surface area (Å²) in [6.45, 7) is 3.38. The van der Waals surface area contributed by atoms with Crippen LogP contribution in [0.5, 0.6) is 23.0 Å². The van der Waals surface area contributed by atoms with Crippen molar-refractivity contribution in [3.05, 3.63) is 75.3 Å². The third kappa shape index (κ3) is 8.59. The monoisotopic (exact) mass is 689 g/mol. The molecule has 3 aromatic rings. The molecule has 1 heterocycles. The van der Waals surface area contributed by atoms with Gasteiger partial charge in [-0.15, -0.1) is 0 Å². The molecule has 13 heteroatoms. The van der Waals surface area contributed by atoms with Crippen molar-refractivity contribution < 1.29 is 47.5 Å². The third-order valence-corrected chi connectivity index (χ3v) is 7.91. The first-order valence-electron chi connectivity index (χ1n) is 14.9. The van der Waals surface area contributed by atoms with Crippen molar-refractivity contribution in [2.45, 2.75) is 45.4 Å². The molecule has 3 aromatic carbocycles. The lowest BCUT2D eigenvalue weighted by molar-refractivity contribution is -0.151. The molecule has 0 bridgehead atoms. The molecule has 0 N–H and O–H groups in total. The highest BCUT2D eigenvalue weighted by molar-refractivity contribution is 6.33. The third-order valence-electron chi connectivity index (χ3n) is 7.29. The molecule has 1 aliphatic rings. The van der Waals surface area contributed by atoms with Crippen LogP contribution < -0.4 is 23.8 Å². The fourth-order valence-corrected chi connectivity index (χ4v) is 5.69. The first-order valence-corrected chi connectivity index (χ1v) is 15.6. The maximum atomic E-state index is 14.6. The van der Waals surface area contributed by atoms with E-state index in [1.165, 1.54) is 26.0 Å². The molecule has 0 radical (unpaired) electrons. The largest absolute Gasteiger partial charge is 0.497 e. The van der Waals surface area contributed by atoms with Crippen molar-refractivity contribution in [1.82, 2.24) is 0 Å². The number of esters is 2. The van der Waals surface area contributed by atoms with Gasteiger partial charge in [0, 0.05) is 47.2 Å². The lowest BCUT2D eigenvalue weighted by Crippen LogP contribution is -2.40. The van der Waals surface area contributed by atoms with E-state index in [-0.39, 0.29) is 43.6 Å². The Kier molecular flexibility index (Phi) is 12.6. The van der Waals surface area contributed by atoms with Crippen LogP contribution in [0.15, 0.2) is 48.5 Å². The van der Waals surface area contributed by atoms with Crippen LogP contribution in [-0.2, 0) is 35.1 Å². The van der Waals surface area contributed by atoms with Crippen LogP contribution in [0.1, 0.15) is 49.5 Å². The van der Waals surface area contributed by atoms with Crippen LogP contribution in [0.4, 0.5) is 5.69 Å². The Labute approximate surface area is 283 Å². The van der Waals surface area contributed by atoms with E-state index < -0.39 is 30.1 Å². The maximum absolute atomic E-state index is 14.6. The van der Waals surface area contributed by atoms with Crippen LogP contribution in [-0.4, -0.2) is 65.1 Å². The van der Waals surface area contributed by atoms with E-state index >= 15 is 0 Å². The number of hydrogen-bond donors (Lipinski definition) is 0. The molecule has 47 heavy (non-hydrogen) atoms. The summed E-state index contributed by atoms with van der Waals surface area (Å²) in [7, 11) is 4.54. The molecule has 0 unspecified atom stereocenters. The number of carbonyl (C=O) groups is 3. The number of benzene rings is 3. The van der Waals surface area contributed by atoms with E-state index in [0.717, 1.165) is 0 Å². The zero-order valence-corrected chi connectivity index (χ0v) is 28.3. The van der Waals surface area contributed by atoms with Gasteiger partial charge in [-0.1, -0.05) is 35.3 Å². The second kappa shape index (κ2) is 16.6. The van der Waals surface area contributed by atoms with Crippen molar-refractivity contribution in [3.63, 3.8) is 0 Å². The number of fused-ring (bicyclic) bond motifs is 1. The van der Waals surface area contributed by atoms with Gasteiger partial charge in [-0.25, -0.2) is 0 Å². The molecule has 0 spiro atoms. The number of carbonyl (C=O) groups excluding carboxylic acids is 3. The van der Waals surface area contributed by atoms with Crippen LogP contribution in [0, 0.1) is 0 Å². The summed E-state index contributed by atoms with van der Waals surface area (Å²) in [6.07, 6.45) is -2.30. The summed E-state index contributed by atoms with van der Waals surface area (Å²) in [4.78, 5) is 40.2. The van der Waals surface area contributed by atoms with Gasteiger partial charge < -0.3 is 38.1 Å². The molecule has 0 fully saturated rings. The lowest BCUT2D eigenvalue weighted by atomic mass is 9.98. The van der Waals surface area contributed by atoms with E-state index in [4.69, 9.17) is 56.4 Å². The number of rotatable bonds is 14. The first kappa shape index (κ1) is 35.7. The van der Waals surface area contributed by atoms with E-state index in [0.29, 0.717) is 51.1 Å². The Morgan fingerprint density at radius 3 is 2.34 bits per heavy atom. The predicted molar refractivity (Wildman–Crippen MR) is 175 cm³/mol. The van der Waals surface area contributed by atoms with Gasteiger partial charge in [-0.2, -0.15) is 0 Å². The highest BCUT2D eigenvalue weighted by Crippen LogP contribution is 2.48. The van der Waals surface area contributed by atoms with Crippen LogP contribution >= 0.6 is 23.2 Å². The molecular formula is C34H37Cl2NO10. The molecular weight excluding hydrogens is 653 g/mol. The van der Waals surface area contributed by atoms with Gasteiger partial charge in [0.05, 0.1) is 64.8 Å². The van der Waals surface area contributed by atoms with Gasteiger partial charge in [-0.3, -0.25) is 14.4 Å². The quantitative estimate of drug-likeness (QED) is 0.140. The zero-order valence-electron chi connectivity index (χ0n) is 26.8. The summed E-state index contributed by atoms with van der Waals surface area (Å²) in [5.41, 5.74) is 1.91. The minimum Gasteiger partial charge on any atom is -0.497 e. The molecule has 0 saturated heterocycles. The molecule has 0 aromatic heterocycles. The van der Waals surface area contributed by atoms with Crippen molar-refractivity contribution in [2.24, 2.45) is 0 Å². The Bertz CT molecular complexity index is 1600. The average molecular weight is 691 g/mol. The van der Waals surface area contributed by atoms with Crippen molar-refractivity contribution >= 4 is 46.7 Å². The number of anilines is 1. The highest BCUT2D eigenvalue weighted by Gasteiger charge is 2.41. The van der Waals surface area contributed by atoms with Crippen LogP contribution in [0.3, 0.4) is 0 Å². The summed E-state index contributed by atoms with van der Waals surface area (Å²) in [5.74, 6) is 0.120. The van der Waals surface area contributed by atoms with Crippen LogP contribution in [0.2, 0.25) is 10.0 Å². The highest BCUT2D eigenvalue weighted by atomic mass is 35.5. The molecule has 1 amide bonds. The summed E-state index contributed by atoms with van der Waals surface area (Å²) in [6, 6.07) is 13.7. The predicted octanol–water partition coefficient (Wildman–Crippen LogP) is 6.33. The number of nitrogens with zero attached hydrogens (tertiary/aromatic N) is 1. The van der Waals surface area contributed by atoms with E-state index in [2.05, 4.69) is 0 Å². The normalized spacial score (nSPS) is 15.7. The molecule has 0 aliphatic carbocycles. The molecule has 0 saturated carbocycles. The molecule has 1 aliphatic heterocycles. The minimum absolute atomic E-state index is 0.00824. The first-order chi connectivity index (χ1) is 22.6. The number of ether oxygens (including phenoxy) is 7. The Hall–Kier alpha value is -4.19. The standard InChI is InChI=1S/C34H37Cl2NO10/c1-6-44-30(39)18-29-34(40)37(19-21-11-12-23(41-3)17-27(21)43-5)32-25(33(47-29)24-9-7-10-26(42-4)31(24)36)15-22(35)16-28(32)46-14-8-13-45-20(2)38/h7,9-12,15-17,29,33H,6,8,13-14,18-19H2,1-5H3/t29-,33-/m0/s1. The van der Waals surface area contributed by atoms with Gasteiger partial charge in [0.1, 0.15) is 35.2 Å². The van der Waals surface area contributed by atoms with Crippen molar-refractivity contribution in [2.75, 3.05) is 46.0 Å². The van der Waals surface area contributed by atoms with Crippen molar-refractivity contribution in [3.8, 4) is 23.0 Å². The van der Waals surface area contributed by atoms with Gasteiger partial charge in [0.25, 0.3) is 5.91 Å². The van der Waals surface area contributed by atoms with Gasteiger partial charge >= 0.3 is 11.9 Å². The summed E-state index contributed by atoms with van der Waals surface area (Å²) < 4.78 is 39.5. The van der Waals surface area contributed by atoms with Gasteiger partial charge in [0.15, 0.2) is 0 Å². The van der Waals surface area contributed by atoms with Crippen molar-refractivity contribution in [1.29, 1.82) is 0 Å². The Morgan fingerprint density at radius 1 is 0.894 bits per heavy atom. The molecule has 2 atom stereocenters. The summed E-state index contributed by atoms with van der Waals surface area (Å²) in [5, 5.41) is 0.548. The zero-order chi connectivity index (χ0) is 34.1. The topological polar surface area (TPSA) is 119 Å². The fraction of sp³-hybridized carbons (Fsp3) is 0.382. The smallest absolute Gasteiger partial charge is 0.308 e. The SMILES string of the molecule is CCOC(=O)C[C@@H]1O[C@@H](c2cccc(OC)c2Cl)c2cc(Cl)cc(OCCCOC(C)=O)c2N(Cc2ccc(OC)cc2OC)C1=O. The number of hydrogen-bond acceptors (Lipinski definition) is 10. The summed E-state index contributed by atoms with van der Waals surface area (Å²) >= 11 is 13.5. The average Bonchev–Trinajstić information content (AvgIpc) is 3.15.